The second-order valence-electron chi connectivity index (χ2n) is 6.67. The molecule has 1 fully saturated rings. The summed E-state index contributed by atoms with van der Waals surface area (Å²) in [4.78, 5) is 40.0. The number of hydrogen-bond acceptors (Lipinski definition) is 4. The Balaban J connectivity index is 1.58. The quantitative estimate of drug-likeness (QED) is 0.693. The van der Waals surface area contributed by atoms with Gasteiger partial charge in [-0.2, -0.15) is 0 Å². The normalized spacial score (nSPS) is 13.5. The second-order valence-corrected chi connectivity index (χ2v) is 6.67. The van der Waals surface area contributed by atoms with E-state index in [2.05, 4.69) is 0 Å². The topological polar surface area (TPSA) is 66.9 Å². The molecule has 6 heteroatoms. The Hall–Kier alpha value is -3.15. The molecule has 1 aliphatic rings. The lowest BCUT2D eigenvalue weighted by Gasteiger charge is -2.21. The Kier molecular flexibility index (Phi) is 6.42. The number of esters is 1. The predicted octanol–water partition coefficient (Wildman–Crippen LogP) is 3.02. The molecule has 6 nitrogen and oxygen atoms in total. The van der Waals surface area contributed by atoms with Crippen molar-refractivity contribution in [3.8, 4) is 0 Å². The highest BCUT2D eigenvalue weighted by molar-refractivity contribution is 5.97. The molecule has 2 amide bonds. The van der Waals surface area contributed by atoms with Gasteiger partial charge in [0.1, 0.15) is 0 Å². The van der Waals surface area contributed by atoms with Gasteiger partial charge in [0.15, 0.2) is 6.61 Å². The molecule has 0 saturated carbocycles. The number of anilines is 1. The molecule has 2 aromatic carbocycles. The van der Waals surface area contributed by atoms with Crippen LogP contribution in [-0.2, 0) is 20.9 Å². The molecule has 2 aromatic rings. The Labute approximate surface area is 164 Å². The average Bonchev–Trinajstić information content (AvgIpc) is 3.16. The van der Waals surface area contributed by atoms with E-state index < -0.39 is 5.97 Å². The molecule has 1 aliphatic heterocycles. The lowest BCUT2D eigenvalue weighted by Crippen LogP contribution is -2.34. The summed E-state index contributed by atoms with van der Waals surface area (Å²) in [5.74, 6) is -0.761. The fraction of sp³-hybridized carbons (Fsp3) is 0.318. The van der Waals surface area contributed by atoms with Gasteiger partial charge in [0, 0.05) is 31.7 Å². The van der Waals surface area contributed by atoms with Gasteiger partial charge >= 0.3 is 5.97 Å². The van der Waals surface area contributed by atoms with Crippen LogP contribution in [0.5, 0.6) is 0 Å². The van der Waals surface area contributed by atoms with Crippen LogP contribution in [0, 0.1) is 0 Å². The predicted molar refractivity (Wildman–Crippen MR) is 106 cm³/mol. The molecule has 1 saturated heterocycles. The zero-order valence-corrected chi connectivity index (χ0v) is 16.0. The van der Waals surface area contributed by atoms with Crippen molar-refractivity contribution in [1.29, 1.82) is 0 Å². The SMILES string of the molecule is CCN(Cc1ccccc1)C(=O)COC(=O)c1cccc(N2CCCC2=O)c1. The minimum Gasteiger partial charge on any atom is -0.452 e. The molecule has 1 heterocycles. The summed E-state index contributed by atoms with van der Waals surface area (Å²) < 4.78 is 5.22. The van der Waals surface area contributed by atoms with Crippen LogP contribution in [-0.4, -0.2) is 42.4 Å². The first-order valence-electron chi connectivity index (χ1n) is 9.47. The summed E-state index contributed by atoms with van der Waals surface area (Å²) in [7, 11) is 0. The van der Waals surface area contributed by atoms with E-state index >= 15 is 0 Å². The molecule has 0 bridgehead atoms. The highest BCUT2D eigenvalue weighted by atomic mass is 16.5. The van der Waals surface area contributed by atoms with Gasteiger partial charge in [-0.25, -0.2) is 4.79 Å². The summed E-state index contributed by atoms with van der Waals surface area (Å²) in [5.41, 5.74) is 2.03. The first-order valence-corrected chi connectivity index (χ1v) is 9.47. The zero-order chi connectivity index (χ0) is 19.9. The van der Waals surface area contributed by atoms with Gasteiger partial charge in [-0.3, -0.25) is 9.59 Å². The fourth-order valence-electron chi connectivity index (χ4n) is 3.20. The van der Waals surface area contributed by atoms with Crippen molar-refractivity contribution in [3.63, 3.8) is 0 Å². The third-order valence-electron chi connectivity index (χ3n) is 4.74. The van der Waals surface area contributed by atoms with Crippen molar-refractivity contribution < 1.29 is 19.1 Å². The lowest BCUT2D eigenvalue weighted by molar-refractivity contribution is -0.135. The van der Waals surface area contributed by atoms with E-state index in [4.69, 9.17) is 4.74 Å². The van der Waals surface area contributed by atoms with Gasteiger partial charge in [-0.1, -0.05) is 36.4 Å². The summed E-state index contributed by atoms with van der Waals surface area (Å²) in [6.07, 6.45) is 1.34. The van der Waals surface area contributed by atoms with Crippen LogP contribution >= 0.6 is 0 Å². The summed E-state index contributed by atoms with van der Waals surface area (Å²) in [6, 6.07) is 16.4. The Bertz CT molecular complexity index is 851. The first kappa shape index (κ1) is 19.6. The Morgan fingerprint density at radius 1 is 1.11 bits per heavy atom. The molecule has 146 valence electrons. The summed E-state index contributed by atoms with van der Waals surface area (Å²) in [6.45, 7) is 3.23. The van der Waals surface area contributed by atoms with Crippen LogP contribution < -0.4 is 4.90 Å². The average molecular weight is 380 g/mol. The molecule has 0 spiro atoms. The van der Waals surface area contributed by atoms with E-state index in [1.165, 1.54) is 0 Å². The standard InChI is InChI=1S/C22H24N2O4/c1-2-23(15-17-8-4-3-5-9-17)21(26)16-28-22(27)18-10-6-11-19(14-18)24-13-7-12-20(24)25/h3-6,8-11,14H,2,7,12-13,15-16H2,1H3. The largest absolute Gasteiger partial charge is 0.452 e. The Morgan fingerprint density at radius 3 is 2.57 bits per heavy atom. The van der Waals surface area contributed by atoms with Crippen molar-refractivity contribution >= 4 is 23.5 Å². The highest BCUT2D eigenvalue weighted by Gasteiger charge is 2.23. The van der Waals surface area contributed by atoms with Gasteiger partial charge in [-0.15, -0.1) is 0 Å². The monoisotopic (exact) mass is 380 g/mol. The fourth-order valence-corrected chi connectivity index (χ4v) is 3.20. The van der Waals surface area contributed by atoms with Gasteiger partial charge in [0.05, 0.1) is 5.56 Å². The maximum Gasteiger partial charge on any atom is 0.338 e. The number of nitrogens with zero attached hydrogens (tertiary/aromatic N) is 2. The summed E-state index contributed by atoms with van der Waals surface area (Å²) >= 11 is 0. The number of hydrogen-bond donors (Lipinski definition) is 0. The molecular formula is C22H24N2O4. The first-order chi connectivity index (χ1) is 13.6. The molecule has 0 atom stereocenters. The van der Waals surface area contributed by atoms with Crippen molar-refractivity contribution in [3.05, 3.63) is 65.7 Å². The van der Waals surface area contributed by atoms with E-state index in [9.17, 15) is 14.4 Å². The van der Waals surface area contributed by atoms with Crippen LogP contribution in [0.25, 0.3) is 0 Å². The molecule has 28 heavy (non-hydrogen) atoms. The molecule has 0 aromatic heterocycles. The van der Waals surface area contributed by atoms with Gasteiger partial charge in [-0.05, 0) is 37.1 Å². The minimum absolute atomic E-state index is 0.0557. The van der Waals surface area contributed by atoms with Crippen LogP contribution in [0.3, 0.4) is 0 Å². The summed E-state index contributed by atoms with van der Waals surface area (Å²) in [5, 5.41) is 0. The van der Waals surface area contributed by atoms with E-state index in [1.54, 1.807) is 34.1 Å². The lowest BCUT2D eigenvalue weighted by atomic mass is 10.2. The maximum atomic E-state index is 12.4. The number of rotatable bonds is 7. The van der Waals surface area contributed by atoms with E-state index in [0.717, 1.165) is 12.0 Å². The molecule has 0 N–H and O–H groups in total. The number of carbonyl (C=O) groups excluding carboxylic acids is 3. The van der Waals surface area contributed by atoms with E-state index in [1.807, 2.05) is 37.3 Å². The second kappa shape index (κ2) is 9.17. The maximum absolute atomic E-state index is 12.4. The molecule has 0 radical (unpaired) electrons. The van der Waals surface area contributed by atoms with Gasteiger partial charge in [0.2, 0.25) is 5.91 Å². The minimum atomic E-state index is -0.572. The molecule has 0 aliphatic carbocycles. The van der Waals surface area contributed by atoms with E-state index in [-0.39, 0.29) is 18.4 Å². The Morgan fingerprint density at radius 2 is 1.89 bits per heavy atom. The zero-order valence-electron chi connectivity index (χ0n) is 16.0. The van der Waals surface area contributed by atoms with Crippen LogP contribution in [0.1, 0.15) is 35.7 Å². The van der Waals surface area contributed by atoms with E-state index in [0.29, 0.717) is 37.3 Å². The van der Waals surface area contributed by atoms with Crippen molar-refractivity contribution in [2.75, 3.05) is 24.6 Å². The van der Waals surface area contributed by atoms with Gasteiger partial charge < -0.3 is 14.5 Å². The van der Waals surface area contributed by atoms with Crippen LogP contribution in [0.2, 0.25) is 0 Å². The third kappa shape index (κ3) is 4.76. The molecule has 3 rings (SSSR count). The molecule has 0 unspecified atom stereocenters. The van der Waals surface area contributed by atoms with Crippen molar-refractivity contribution in [2.45, 2.75) is 26.3 Å². The van der Waals surface area contributed by atoms with Crippen molar-refractivity contribution in [2.24, 2.45) is 0 Å². The number of carbonyl (C=O) groups is 3. The number of ether oxygens (including phenoxy) is 1. The smallest absolute Gasteiger partial charge is 0.338 e. The number of benzene rings is 2. The number of likely N-dealkylation sites (N-methyl/N-ethyl adjacent to an activating group) is 1. The third-order valence-corrected chi connectivity index (χ3v) is 4.74. The van der Waals surface area contributed by atoms with Crippen LogP contribution in [0.15, 0.2) is 54.6 Å². The van der Waals surface area contributed by atoms with Crippen molar-refractivity contribution in [1.82, 2.24) is 4.90 Å². The van der Waals surface area contributed by atoms with Crippen LogP contribution in [0.4, 0.5) is 5.69 Å². The van der Waals surface area contributed by atoms with Gasteiger partial charge in [0.25, 0.3) is 5.91 Å². The highest BCUT2D eigenvalue weighted by Crippen LogP contribution is 2.22. The molecular weight excluding hydrogens is 356 g/mol. The number of amides is 2.